The molecule has 3 heteroatoms. The first-order valence-corrected chi connectivity index (χ1v) is 6.40. The molecule has 0 aliphatic heterocycles. The maximum atomic E-state index is 11.7. The van der Waals surface area contributed by atoms with Crippen molar-refractivity contribution in [3.05, 3.63) is 35.4 Å². The maximum Gasteiger partial charge on any atom is 0.237 e. The van der Waals surface area contributed by atoms with E-state index in [4.69, 9.17) is 5.26 Å². The largest absolute Gasteiger partial charge is 0.355 e. The average molecular weight is 244 g/mol. The van der Waals surface area contributed by atoms with Gasteiger partial charge in [0.15, 0.2) is 0 Å². The first-order valence-electron chi connectivity index (χ1n) is 6.40. The molecule has 1 unspecified atom stereocenters. The number of aryl methyl sites for hydroxylation is 1. The van der Waals surface area contributed by atoms with Crippen molar-refractivity contribution in [2.75, 3.05) is 6.54 Å². The Bertz CT molecular complexity index is 434. The molecule has 0 aliphatic carbocycles. The van der Waals surface area contributed by atoms with Gasteiger partial charge in [0.1, 0.15) is 5.92 Å². The van der Waals surface area contributed by atoms with Gasteiger partial charge in [0.2, 0.25) is 5.91 Å². The second-order valence-electron chi connectivity index (χ2n) is 4.44. The van der Waals surface area contributed by atoms with Crippen LogP contribution in [-0.4, -0.2) is 12.5 Å². The first kappa shape index (κ1) is 14.2. The first-order chi connectivity index (χ1) is 8.69. The zero-order valence-corrected chi connectivity index (χ0v) is 11.1. The molecule has 1 rings (SSSR count). The summed E-state index contributed by atoms with van der Waals surface area (Å²) in [6, 6.07) is 10.2. The Morgan fingerprint density at radius 2 is 2.17 bits per heavy atom. The molecule has 96 valence electrons. The summed E-state index contributed by atoms with van der Waals surface area (Å²) in [5.74, 6) is -0.653. The molecule has 0 aromatic heterocycles. The van der Waals surface area contributed by atoms with Gasteiger partial charge in [-0.25, -0.2) is 0 Å². The predicted molar refractivity (Wildman–Crippen MR) is 71.9 cm³/mol. The molecule has 1 N–H and O–H groups in total. The van der Waals surface area contributed by atoms with Crippen LogP contribution in [0, 0.1) is 24.2 Å². The zero-order valence-electron chi connectivity index (χ0n) is 11.1. The van der Waals surface area contributed by atoms with Crippen molar-refractivity contribution in [3.8, 4) is 6.07 Å². The highest BCUT2D eigenvalue weighted by Gasteiger charge is 2.15. The Balaban J connectivity index is 2.40. The van der Waals surface area contributed by atoms with Crippen LogP contribution in [0.5, 0.6) is 0 Å². The molecule has 0 bridgehead atoms. The number of benzene rings is 1. The topological polar surface area (TPSA) is 52.9 Å². The van der Waals surface area contributed by atoms with Crippen LogP contribution in [0.2, 0.25) is 0 Å². The number of hydrogen-bond donors (Lipinski definition) is 1. The minimum absolute atomic E-state index is 0.145. The van der Waals surface area contributed by atoms with Gasteiger partial charge < -0.3 is 5.32 Å². The van der Waals surface area contributed by atoms with Crippen molar-refractivity contribution in [1.29, 1.82) is 5.26 Å². The number of nitriles is 1. The maximum absolute atomic E-state index is 11.7. The summed E-state index contributed by atoms with van der Waals surface area (Å²) in [4.78, 5) is 11.7. The van der Waals surface area contributed by atoms with Crippen LogP contribution in [0.15, 0.2) is 24.3 Å². The summed E-state index contributed by atoms with van der Waals surface area (Å²) in [5.41, 5.74) is 2.47. The molecule has 0 heterocycles. The van der Waals surface area contributed by atoms with Crippen LogP contribution in [0.4, 0.5) is 0 Å². The van der Waals surface area contributed by atoms with Crippen LogP contribution in [0.1, 0.15) is 30.9 Å². The molecule has 1 aromatic carbocycles. The molecule has 0 spiro atoms. The van der Waals surface area contributed by atoms with Crippen molar-refractivity contribution >= 4 is 5.91 Å². The predicted octanol–water partition coefficient (Wildman–Crippen LogP) is 2.59. The third-order valence-corrected chi connectivity index (χ3v) is 3.00. The van der Waals surface area contributed by atoms with Crippen LogP contribution >= 0.6 is 0 Å². The molecule has 0 aliphatic rings. The quantitative estimate of drug-likeness (QED) is 0.836. The van der Waals surface area contributed by atoms with Crippen LogP contribution < -0.4 is 5.32 Å². The van der Waals surface area contributed by atoms with E-state index in [2.05, 4.69) is 30.4 Å². The fourth-order valence-corrected chi connectivity index (χ4v) is 1.88. The molecule has 0 saturated carbocycles. The highest BCUT2D eigenvalue weighted by molar-refractivity contribution is 5.80. The van der Waals surface area contributed by atoms with Crippen LogP contribution in [0.3, 0.4) is 0 Å². The van der Waals surface area contributed by atoms with Crippen molar-refractivity contribution in [2.45, 2.75) is 33.1 Å². The second-order valence-corrected chi connectivity index (χ2v) is 4.44. The lowest BCUT2D eigenvalue weighted by atomic mass is 10.0. The molecular weight excluding hydrogens is 224 g/mol. The van der Waals surface area contributed by atoms with Gasteiger partial charge in [-0.1, -0.05) is 37.6 Å². The fourth-order valence-electron chi connectivity index (χ4n) is 1.88. The fraction of sp³-hybridized carbons (Fsp3) is 0.467. The van der Waals surface area contributed by atoms with E-state index in [0.717, 1.165) is 12.8 Å². The van der Waals surface area contributed by atoms with Crippen molar-refractivity contribution in [1.82, 2.24) is 5.32 Å². The van der Waals surface area contributed by atoms with E-state index in [1.807, 2.05) is 19.1 Å². The van der Waals surface area contributed by atoms with Gasteiger partial charge in [-0.2, -0.15) is 5.26 Å². The van der Waals surface area contributed by atoms with Crippen molar-refractivity contribution in [2.24, 2.45) is 5.92 Å². The van der Waals surface area contributed by atoms with E-state index in [0.29, 0.717) is 13.0 Å². The minimum atomic E-state index is -0.508. The molecular formula is C15H20N2O. The van der Waals surface area contributed by atoms with E-state index in [-0.39, 0.29) is 5.91 Å². The lowest BCUT2D eigenvalue weighted by molar-refractivity contribution is -0.123. The van der Waals surface area contributed by atoms with Crippen LogP contribution in [-0.2, 0) is 11.2 Å². The number of nitrogens with zero attached hydrogens (tertiary/aromatic N) is 1. The van der Waals surface area contributed by atoms with Crippen LogP contribution in [0.25, 0.3) is 0 Å². The summed E-state index contributed by atoms with van der Waals surface area (Å²) in [5, 5.41) is 11.7. The highest BCUT2D eigenvalue weighted by Crippen LogP contribution is 2.08. The summed E-state index contributed by atoms with van der Waals surface area (Å²) >= 11 is 0. The molecule has 18 heavy (non-hydrogen) atoms. The van der Waals surface area contributed by atoms with Crippen molar-refractivity contribution in [3.63, 3.8) is 0 Å². The molecule has 1 amide bonds. The Hall–Kier alpha value is -1.82. The van der Waals surface area contributed by atoms with Gasteiger partial charge in [0.05, 0.1) is 6.07 Å². The number of amides is 1. The van der Waals surface area contributed by atoms with Crippen molar-refractivity contribution < 1.29 is 4.79 Å². The SMILES string of the molecule is CCCC(C#N)C(=O)NCCc1ccccc1C. The summed E-state index contributed by atoms with van der Waals surface area (Å²) < 4.78 is 0. The van der Waals surface area contributed by atoms with E-state index >= 15 is 0 Å². The third-order valence-electron chi connectivity index (χ3n) is 3.00. The van der Waals surface area contributed by atoms with Gasteiger partial charge in [-0.15, -0.1) is 0 Å². The molecule has 3 nitrogen and oxygen atoms in total. The van der Waals surface area contributed by atoms with Gasteiger partial charge in [-0.3, -0.25) is 4.79 Å². The number of carbonyl (C=O) groups excluding carboxylic acids is 1. The van der Waals surface area contributed by atoms with E-state index in [1.54, 1.807) is 0 Å². The molecule has 0 saturated heterocycles. The summed E-state index contributed by atoms with van der Waals surface area (Å²) in [7, 11) is 0. The monoisotopic (exact) mass is 244 g/mol. The molecule has 0 fully saturated rings. The number of nitrogens with one attached hydrogen (secondary N) is 1. The Morgan fingerprint density at radius 1 is 1.44 bits per heavy atom. The van der Waals surface area contributed by atoms with Gasteiger partial charge in [0, 0.05) is 6.54 Å². The highest BCUT2D eigenvalue weighted by atomic mass is 16.1. The van der Waals surface area contributed by atoms with E-state index < -0.39 is 5.92 Å². The standard InChI is InChI=1S/C15H20N2O/c1-3-6-14(11-16)15(18)17-10-9-13-8-5-4-7-12(13)2/h4-5,7-8,14H,3,6,9-10H2,1-2H3,(H,17,18). The van der Waals surface area contributed by atoms with Gasteiger partial charge in [0.25, 0.3) is 0 Å². The van der Waals surface area contributed by atoms with E-state index in [9.17, 15) is 4.79 Å². The summed E-state index contributed by atoms with van der Waals surface area (Å²) in [6.07, 6.45) is 2.29. The lowest BCUT2D eigenvalue weighted by Crippen LogP contribution is -2.31. The Kier molecular flexibility index (Phi) is 5.93. The lowest BCUT2D eigenvalue weighted by Gasteiger charge is -2.10. The zero-order chi connectivity index (χ0) is 13.4. The third kappa shape index (κ3) is 4.21. The average Bonchev–Trinajstić information content (AvgIpc) is 2.38. The molecule has 1 atom stereocenters. The number of hydrogen-bond acceptors (Lipinski definition) is 2. The van der Waals surface area contributed by atoms with Gasteiger partial charge in [-0.05, 0) is 30.9 Å². The van der Waals surface area contributed by atoms with Gasteiger partial charge >= 0.3 is 0 Å². The Labute approximate surface area is 109 Å². The molecule has 1 aromatic rings. The Morgan fingerprint density at radius 3 is 2.78 bits per heavy atom. The molecule has 0 radical (unpaired) electrons. The summed E-state index contributed by atoms with van der Waals surface area (Å²) in [6.45, 7) is 4.63. The number of carbonyl (C=O) groups is 1. The number of rotatable bonds is 6. The normalized spacial score (nSPS) is 11.6. The van der Waals surface area contributed by atoms with E-state index in [1.165, 1.54) is 11.1 Å². The second kappa shape index (κ2) is 7.50. The minimum Gasteiger partial charge on any atom is -0.355 e. The smallest absolute Gasteiger partial charge is 0.237 e.